The van der Waals surface area contributed by atoms with E-state index in [-0.39, 0.29) is 12.5 Å². The lowest BCUT2D eigenvalue weighted by Gasteiger charge is -2.22. The van der Waals surface area contributed by atoms with Crippen molar-refractivity contribution < 1.29 is 9.53 Å². The summed E-state index contributed by atoms with van der Waals surface area (Å²) in [6.45, 7) is 2.67. The van der Waals surface area contributed by atoms with Gasteiger partial charge in [-0.1, -0.05) is 23.4 Å². The number of amides is 1. The predicted molar refractivity (Wildman–Crippen MR) is 79.6 cm³/mol. The molecular weight excluding hydrogens is 276 g/mol. The van der Waals surface area contributed by atoms with Gasteiger partial charge >= 0.3 is 0 Å². The number of nitrogens with two attached hydrogens (primary N) is 1. The van der Waals surface area contributed by atoms with Crippen LogP contribution in [0, 0.1) is 11.8 Å². The molecular formula is C15H17ClN2O2. The molecule has 20 heavy (non-hydrogen) atoms. The Morgan fingerprint density at radius 1 is 1.60 bits per heavy atom. The molecule has 106 valence electrons. The number of nitrogens with one attached hydrogen (secondary N) is 1. The first-order valence-electron chi connectivity index (χ1n) is 6.49. The van der Waals surface area contributed by atoms with Crippen LogP contribution in [0.3, 0.4) is 0 Å². The summed E-state index contributed by atoms with van der Waals surface area (Å²) < 4.78 is 5.52. The van der Waals surface area contributed by atoms with Gasteiger partial charge in [-0.15, -0.1) is 0 Å². The SMILES string of the molecule is CC1(C(=O)Nc2cc(Cl)ccc2C#CCN)CCCO1. The Labute approximate surface area is 123 Å². The van der Waals surface area contributed by atoms with Crippen molar-refractivity contribution in [3.8, 4) is 11.8 Å². The molecule has 1 aromatic rings. The topological polar surface area (TPSA) is 64.4 Å². The summed E-state index contributed by atoms with van der Waals surface area (Å²) in [7, 11) is 0. The molecule has 4 nitrogen and oxygen atoms in total. The van der Waals surface area contributed by atoms with Gasteiger partial charge in [0.05, 0.1) is 12.2 Å². The molecule has 1 fully saturated rings. The first-order valence-corrected chi connectivity index (χ1v) is 6.87. The number of halogens is 1. The van der Waals surface area contributed by atoms with Gasteiger partial charge in [0.25, 0.3) is 5.91 Å². The molecule has 1 heterocycles. The standard InChI is InChI=1S/C15H17ClN2O2/c1-15(7-3-9-20-15)14(19)18-13-10-12(16)6-5-11(13)4-2-8-17/h5-6,10H,3,7-9,17H2,1H3,(H,18,19). The highest BCUT2D eigenvalue weighted by molar-refractivity contribution is 6.31. The van der Waals surface area contributed by atoms with Gasteiger partial charge in [0.15, 0.2) is 0 Å². The number of carbonyl (C=O) groups is 1. The van der Waals surface area contributed by atoms with E-state index < -0.39 is 5.60 Å². The van der Waals surface area contributed by atoms with E-state index in [9.17, 15) is 4.79 Å². The van der Waals surface area contributed by atoms with Crippen LogP contribution in [0.2, 0.25) is 5.02 Å². The predicted octanol–water partition coefficient (Wildman–Crippen LogP) is 2.16. The molecule has 1 amide bonds. The monoisotopic (exact) mass is 292 g/mol. The van der Waals surface area contributed by atoms with Crippen molar-refractivity contribution in [3.05, 3.63) is 28.8 Å². The number of carbonyl (C=O) groups excluding carboxylic acids is 1. The lowest BCUT2D eigenvalue weighted by Crippen LogP contribution is -2.39. The molecule has 3 N–H and O–H groups in total. The van der Waals surface area contributed by atoms with E-state index in [0.29, 0.717) is 29.3 Å². The van der Waals surface area contributed by atoms with Crippen LogP contribution in [0.5, 0.6) is 0 Å². The van der Waals surface area contributed by atoms with E-state index in [1.165, 1.54) is 0 Å². The van der Waals surface area contributed by atoms with E-state index in [0.717, 1.165) is 6.42 Å². The second-order valence-electron chi connectivity index (χ2n) is 4.83. The first-order chi connectivity index (χ1) is 9.55. The van der Waals surface area contributed by atoms with Crippen molar-refractivity contribution in [2.24, 2.45) is 5.73 Å². The number of ether oxygens (including phenoxy) is 1. The van der Waals surface area contributed by atoms with E-state index in [4.69, 9.17) is 22.1 Å². The molecule has 1 aliphatic rings. The molecule has 1 aliphatic heterocycles. The van der Waals surface area contributed by atoms with Crippen LogP contribution < -0.4 is 11.1 Å². The van der Waals surface area contributed by atoms with Gasteiger partial charge in [0.1, 0.15) is 5.60 Å². The molecule has 5 heteroatoms. The second-order valence-corrected chi connectivity index (χ2v) is 5.27. The highest BCUT2D eigenvalue weighted by atomic mass is 35.5. The fourth-order valence-corrected chi connectivity index (χ4v) is 2.26. The molecule has 1 atom stereocenters. The van der Waals surface area contributed by atoms with Crippen LogP contribution in [0.1, 0.15) is 25.3 Å². The quantitative estimate of drug-likeness (QED) is 0.821. The zero-order valence-electron chi connectivity index (χ0n) is 11.3. The smallest absolute Gasteiger partial charge is 0.256 e. The Kier molecular flexibility index (Phi) is 4.66. The molecule has 0 radical (unpaired) electrons. The number of benzene rings is 1. The average molecular weight is 293 g/mol. The third-order valence-corrected chi connectivity index (χ3v) is 3.49. The number of hydrogen-bond acceptors (Lipinski definition) is 3. The van der Waals surface area contributed by atoms with Crippen LogP contribution >= 0.6 is 11.6 Å². The largest absolute Gasteiger partial charge is 0.365 e. The highest BCUT2D eigenvalue weighted by Gasteiger charge is 2.37. The van der Waals surface area contributed by atoms with Gasteiger partial charge in [0.2, 0.25) is 0 Å². The zero-order valence-corrected chi connectivity index (χ0v) is 12.1. The van der Waals surface area contributed by atoms with Crippen molar-refractivity contribution in [2.75, 3.05) is 18.5 Å². The summed E-state index contributed by atoms with van der Waals surface area (Å²) in [4.78, 5) is 12.3. The third kappa shape index (κ3) is 3.31. The molecule has 0 aromatic heterocycles. The summed E-state index contributed by atoms with van der Waals surface area (Å²) in [5.74, 6) is 5.52. The molecule has 1 saturated heterocycles. The van der Waals surface area contributed by atoms with Gasteiger partial charge in [0, 0.05) is 17.2 Å². The third-order valence-electron chi connectivity index (χ3n) is 3.25. The molecule has 2 rings (SSSR count). The minimum absolute atomic E-state index is 0.173. The molecule has 0 spiro atoms. The fraction of sp³-hybridized carbons (Fsp3) is 0.400. The number of rotatable bonds is 2. The Hall–Kier alpha value is -1.54. The maximum Gasteiger partial charge on any atom is 0.256 e. The lowest BCUT2D eigenvalue weighted by molar-refractivity contribution is -0.133. The van der Waals surface area contributed by atoms with E-state index in [1.807, 2.05) is 0 Å². The fourth-order valence-electron chi connectivity index (χ4n) is 2.09. The summed E-state index contributed by atoms with van der Waals surface area (Å²) in [6, 6.07) is 5.17. The Bertz CT molecular complexity index is 569. The van der Waals surface area contributed by atoms with Crippen molar-refractivity contribution in [1.29, 1.82) is 0 Å². The summed E-state index contributed by atoms with van der Waals surface area (Å²) >= 11 is 5.97. The Morgan fingerprint density at radius 3 is 3.05 bits per heavy atom. The Balaban J connectivity index is 2.23. The zero-order chi connectivity index (χ0) is 14.6. The second kappa shape index (κ2) is 6.27. The maximum absolute atomic E-state index is 12.3. The molecule has 0 aliphatic carbocycles. The molecule has 1 unspecified atom stereocenters. The minimum Gasteiger partial charge on any atom is -0.365 e. The van der Waals surface area contributed by atoms with Crippen molar-refractivity contribution >= 4 is 23.2 Å². The Morgan fingerprint density at radius 2 is 2.40 bits per heavy atom. The first kappa shape index (κ1) is 14.9. The van der Waals surface area contributed by atoms with Crippen molar-refractivity contribution in [2.45, 2.75) is 25.4 Å². The molecule has 1 aromatic carbocycles. The van der Waals surface area contributed by atoms with E-state index in [2.05, 4.69) is 17.2 Å². The normalized spacial score (nSPS) is 21.1. The van der Waals surface area contributed by atoms with Crippen LogP contribution in [0.25, 0.3) is 0 Å². The van der Waals surface area contributed by atoms with Crippen LogP contribution in [0.4, 0.5) is 5.69 Å². The minimum atomic E-state index is -0.777. The summed E-state index contributed by atoms with van der Waals surface area (Å²) in [5.41, 5.74) is 5.87. The average Bonchev–Trinajstić information content (AvgIpc) is 2.86. The van der Waals surface area contributed by atoms with Crippen LogP contribution in [0.15, 0.2) is 18.2 Å². The van der Waals surface area contributed by atoms with Gasteiger partial charge in [-0.05, 0) is 38.0 Å². The van der Waals surface area contributed by atoms with Gasteiger partial charge in [-0.3, -0.25) is 4.79 Å². The number of anilines is 1. The summed E-state index contributed by atoms with van der Waals surface area (Å²) in [6.07, 6.45) is 1.60. The van der Waals surface area contributed by atoms with Crippen LogP contribution in [-0.2, 0) is 9.53 Å². The van der Waals surface area contributed by atoms with E-state index in [1.54, 1.807) is 25.1 Å². The summed E-state index contributed by atoms with van der Waals surface area (Å²) in [5, 5.41) is 3.39. The van der Waals surface area contributed by atoms with Gasteiger partial charge in [-0.25, -0.2) is 0 Å². The molecule has 0 saturated carbocycles. The molecule has 0 bridgehead atoms. The maximum atomic E-state index is 12.3. The van der Waals surface area contributed by atoms with Gasteiger partial charge < -0.3 is 15.8 Å². The lowest BCUT2D eigenvalue weighted by atomic mass is 10.0. The van der Waals surface area contributed by atoms with Crippen LogP contribution in [-0.4, -0.2) is 24.7 Å². The van der Waals surface area contributed by atoms with Crippen molar-refractivity contribution in [1.82, 2.24) is 0 Å². The van der Waals surface area contributed by atoms with Crippen molar-refractivity contribution in [3.63, 3.8) is 0 Å². The van der Waals surface area contributed by atoms with Gasteiger partial charge in [-0.2, -0.15) is 0 Å². The highest BCUT2D eigenvalue weighted by Crippen LogP contribution is 2.28. The number of hydrogen-bond donors (Lipinski definition) is 2. The van der Waals surface area contributed by atoms with E-state index >= 15 is 0 Å².